The fourth-order valence-corrected chi connectivity index (χ4v) is 4.16. The molecule has 1 aliphatic heterocycles. The van der Waals surface area contributed by atoms with Crippen LogP contribution >= 0.6 is 0 Å². The van der Waals surface area contributed by atoms with E-state index >= 15 is 0 Å². The molecule has 2 N–H and O–H groups in total. The minimum absolute atomic E-state index is 0.102. The predicted molar refractivity (Wildman–Crippen MR) is 89.8 cm³/mol. The molecule has 1 aromatic carbocycles. The Labute approximate surface area is 129 Å². The third kappa shape index (κ3) is 2.69. The standard InChI is InChI=1S/C18H29N3/c1-4-21(17-7-5-6-14(2)10-17)18(12-19)11-15(3)20(13-18)16-8-9-16/h5-7,10,15-16H,4,8-9,11-13,19H2,1-3H3. The van der Waals surface area contributed by atoms with E-state index < -0.39 is 0 Å². The highest BCUT2D eigenvalue weighted by Crippen LogP contribution is 2.41. The van der Waals surface area contributed by atoms with Crippen LogP contribution in [0.1, 0.15) is 38.7 Å². The summed E-state index contributed by atoms with van der Waals surface area (Å²) in [6, 6.07) is 10.3. The number of nitrogens with two attached hydrogens (primary N) is 1. The normalized spacial score (nSPS) is 29.8. The lowest BCUT2D eigenvalue weighted by Gasteiger charge is -2.42. The molecule has 2 unspecified atom stereocenters. The van der Waals surface area contributed by atoms with E-state index in [0.29, 0.717) is 6.04 Å². The Morgan fingerprint density at radius 3 is 2.71 bits per heavy atom. The minimum atomic E-state index is 0.102. The molecule has 1 saturated carbocycles. The summed E-state index contributed by atoms with van der Waals surface area (Å²) in [7, 11) is 0. The van der Waals surface area contributed by atoms with Crippen molar-refractivity contribution in [2.45, 2.75) is 57.7 Å². The fourth-order valence-electron chi connectivity index (χ4n) is 4.16. The zero-order chi connectivity index (χ0) is 15.0. The molecule has 0 bridgehead atoms. The van der Waals surface area contributed by atoms with Gasteiger partial charge in [-0.3, -0.25) is 4.90 Å². The topological polar surface area (TPSA) is 32.5 Å². The summed E-state index contributed by atoms with van der Waals surface area (Å²) in [5.41, 5.74) is 9.05. The molecule has 1 aliphatic carbocycles. The molecule has 0 aromatic heterocycles. The molecule has 1 saturated heterocycles. The summed E-state index contributed by atoms with van der Waals surface area (Å²) < 4.78 is 0. The van der Waals surface area contributed by atoms with Crippen LogP contribution in [0.25, 0.3) is 0 Å². The quantitative estimate of drug-likeness (QED) is 0.904. The number of benzene rings is 1. The number of aryl methyl sites for hydroxylation is 1. The number of likely N-dealkylation sites (tertiary alicyclic amines) is 1. The Morgan fingerprint density at radius 2 is 2.14 bits per heavy atom. The third-order valence-corrected chi connectivity index (χ3v) is 5.32. The van der Waals surface area contributed by atoms with Crippen molar-refractivity contribution in [1.29, 1.82) is 0 Å². The summed E-state index contributed by atoms with van der Waals surface area (Å²) in [5, 5.41) is 0. The van der Waals surface area contributed by atoms with Crippen LogP contribution in [0.3, 0.4) is 0 Å². The molecule has 21 heavy (non-hydrogen) atoms. The zero-order valence-electron chi connectivity index (χ0n) is 13.7. The van der Waals surface area contributed by atoms with Crippen molar-refractivity contribution in [2.24, 2.45) is 5.73 Å². The van der Waals surface area contributed by atoms with Crippen molar-refractivity contribution in [3.8, 4) is 0 Å². The van der Waals surface area contributed by atoms with Gasteiger partial charge >= 0.3 is 0 Å². The monoisotopic (exact) mass is 287 g/mol. The lowest BCUT2D eigenvalue weighted by molar-refractivity contribution is 0.248. The van der Waals surface area contributed by atoms with E-state index in [1.165, 1.54) is 30.5 Å². The molecule has 2 fully saturated rings. The molecule has 0 spiro atoms. The molecule has 2 aliphatic rings. The SMILES string of the molecule is CCN(c1cccc(C)c1)C1(CN)CC(C)N(C2CC2)C1. The molecule has 1 heterocycles. The van der Waals surface area contributed by atoms with Crippen LogP contribution in [0.4, 0.5) is 5.69 Å². The van der Waals surface area contributed by atoms with Gasteiger partial charge < -0.3 is 10.6 Å². The first-order valence-corrected chi connectivity index (χ1v) is 8.40. The highest BCUT2D eigenvalue weighted by Gasteiger charge is 2.49. The fraction of sp³-hybridized carbons (Fsp3) is 0.667. The molecule has 116 valence electrons. The molecule has 3 heteroatoms. The Morgan fingerprint density at radius 1 is 1.38 bits per heavy atom. The number of hydrogen-bond donors (Lipinski definition) is 1. The van der Waals surface area contributed by atoms with Crippen LogP contribution in [0.15, 0.2) is 24.3 Å². The number of nitrogens with zero attached hydrogens (tertiary/aromatic N) is 2. The van der Waals surface area contributed by atoms with Crippen molar-refractivity contribution >= 4 is 5.69 Å². The largest absolute Gasteiger partial charge is 0.363 e. The second kappa shape index (κ2) is 5.62. The highest BCUT2D eigenvalue weighted by atomic mass is 15.3. The maximum Gasteiger partial charge on any atom is 0.0665 e. The molecule has 0 amide bonds. The van der Waals surface area contributed by atoms with Gasteiger partial charge in [-0.1, -0.05) is 12.1 Å². The maximum atomic E-state index is 6.30. The van der Waals surface area contributed by atoms with E-state index in [2.05, 4.69) is 54.8 Å². The highest BCUT2D eigenvalue weighted by molar-refractivity contribution is 5.52. The van der Waals surface area contributed by atoms with Gasteiger partial charge in [0.1, 0.15) is 0 Å². The smallest absolute Gasteiger partial charge is 0.0665 e. The molecule has 3 nitrogen and oxygen atoms in total. The first kappa shape index (κ1) is 14.9. The first-order chi connectivity index (χ1) is 10.1. The average molecular weight is 287 g/mol. The van der Waals surface area contributed by atoms with Gasteiger partial charge in [0.15, 0.2) is 0 Å². The average Bonchev–Trinajstić information content (AvgIpc) is 3.25. The van der Waals surface area contributed by atoms with Crippen LogP contribution < -0.4 is 10.6 Å². The van der Waals surface area contributed by atoms with Gasteiger partial charge in [-0.25, -0.2) is 0 Å². The number of hydrogen-bond acceptors (Lipinski definition) is 3. The zero-order valence-corrected chi connectivity index (χ0v) is 13.7. The number of anilines is 1. The van der Waals surface area contributed by atoms with E-state index in [4.69, 9.17) is 5.73 Å². The maximum absolute atomic E-state index is 6.30. The van der Waals surface area contributed by atoms with Crippen molar-refractivity contribution in [3.63, 3.8) is 0 Å². The molecule has 0 radical (unpaired) electrons. The molecule has 2 atom stereocenters. The van der Waals surface area contributed by atoms with Crippen molar-refractivity contribution < 1.29 is 0 Å². The molecule has 1 aromatic rings. The van der Waals surface area contributed by atoms with Crippen LogP contribution in [0.5, 0.6) is 0 Å². The third-order valence-electron chi connectivity index (χ3n) is 5.32. The summed E-state index contributed by atoms with van der Waals surface area (Å²) in [4.78, 5) is 5.25. The Hall–Kier alpha value is -1.06. The molecule has 3 rings (SSSR count). The molecular formula is C18H29N3. The van der Waals surface area contributed by atoms with Gasteiger partial charge in [0.2, 0.25) is 0 Å². The second-order valence-corrected chi connectivity index (χ2v) is 6.97. The molecular weight excluding hydrogens is 258 g/mol. The van der Waals surface area contributed by atoms with Crippen LogP contribution in [-0.2, 0) is 0 Å². The van der Waals surface area contributed by atoms with E-state index in [9.17, 15) is 0 Å². The Balaban J connectivity index is 1.90. The minimum Gasteiger partial charge on any atom is -0.363 e. The number of likely N-dealkylation sites (N-methyl/N-ethyl adjacent to an activating group) is 1. The van der Waals surface area contributed by atoms with Gasteiger partial charge in [-0.2, -0.15) is 0 Å². The number of rotatable bonds is 5. The summed E-state index contributed by atoms with van der Waals surface area (Å²) in [6.45, 7) is 9.68. The second-order valence-electron chi connectivity index (χ2n) is 6.97. The van der Waals surface area contributed by atoms with Gasteiger partial charge in [0, 0.05) is 37.4 Å². The van der Waals surface area contributed by atoms with Crippen molar-refractivity contribution in [1.82, 2.24) is 4.90 Å². The van der Waals surface area contributed by atoms with Gasteiger partial charge in [0.05, 0.1) is 5.54 Å². The van der Waals surface area contributed by atoms with E-state index in [1.54, 1.807) is 0 Å². The van der Waals surface area contributed by atoms with Gasteiger partial charge in [-0.05, 0) is 57.7 Å². The van der Waals surface area contributed by atoms with Crippen molar-refractivity contribution in [2.75, 3.05) is 24.5 Å². The Bertz CT molecular complexity index is 497. The lowest BCUT2D eigenvalue weighted by atomic mass is 9.93. The van der Waals surface area contributed by atoms with E-state index in [-0.39, 0.29) is 5.54 Å². The van der Waals surface area contributed by atoms with Crippen LogP contribution in [0.2, 0.25) is 0 Å². The first-order valence-electron chi connectivity index (χ1n) is 8.40. The van der Waals surface area contributed by atoms with Gasteiger partial charge in [0.25, 0.3) is 0 Å². The summed E-state index contributed by atoms with van der Waals surface area (Å²) in [6.07, 6.45) is 3.94. The summed E-state index contributed by atoms with van der Waals surface area (Å²) >= 11 is 0. The predicted octanol–water partition coefficient (Wildman–Crippen LogP) is 2.78. The lowest BCUT2D eigenvalue weighted by Crippen LogP contribution is -2.56. The van der Waals surface area contributed by atoms with Crippen LogP contribution in [0, 0.1) is 6.92 Å². The van der Waals surface area contributed by atoms with E-state index in [1.807, 2.05) is 0 Å². The van der Waals surface area contributed by atoms with Gasteiger partial charge in [-0.15, -0.1) is 0 Å². The van der Waals surface area contributed by atoms with Crippen molar-refractivity contribution in [3.05, 3.63) is 29.8 Å². The summed E-state index contributed by atoms with van der Waals surface area (Å²) in [5.74, 6) is 0. The van der Waals surface area contributed by atoms with Crippen LogP contribution in [-0.4, -0.2) is 42.2 Å². The van der Waals surface area contributed by atoms with E-state index in [0.717, 1.165) is 25.7 Å². The Kier molecular flexibility index (Phi) is 3.98.